The molecule has 0 N–H and O–H groups in total. The summed E-state index contributed by atoms with van der Waals surface area (Å²) in [5, 5.41) is 0.350. The number of fused-ring (bicyclic) bond motifs is 1. The van der Waals surface area contributed by atoms with E-state index >= 15 is 0 Å². The van der Waals surface area contributed by atoms with E-state index in [9.17, 15) is 21.6 Å². The monoisotopic (exact) mass is 517 g/mol. The molecular weight excluding hydrogens is 494 g/mol. The van der Waals surface area contributed by atoms with E-state index in [1.54, 1.807) is 18.2 Å². The van der Waals surface area contributed by atoms with Crippen LogP contribution in [-0.4, -0.2) is 72.3 Å². The highest BCUT2D eigenvalue weighted by Crippen LogP contribution is 2.33. The van der Waals surface area contributed by atoms with Crippen molar-refractivity contribution in [3.8, 4) is 0 Å². The van der Waals surface area contributed by atoms with Crippen LogP contribution in [0.1, 0.15) is 10.4 Å². The number of benzene rings is 2. The van der Waals surface area contributed by atoms with Gasteiger partial charge in [0.25, 0.3) is 5.91 Å². The molecular formula is C20H24ClN3O5S3. The van der Waals surface area contributed by atoms with Gasteiger partial charge in [-0.1, -0.05) is 23.5 Å². The van der Waals surface area contributed by atoms with Crippen LogP contribution < -0.4 is 4.90 Å². The molecule has 2 aromatic carbocycles. The summed E-state index contributed by atoms with van der Waals surface area (Å²) in [6, 6.07) is 10.7. The minimum absolute atomic E-state index is 0. The summed E-state index contributed by atoms with van der Waals surface area (Å²) >= 11 is 1.21. The lowest BCUT2D eigenvalue weighted by Crippen LogP contribution is -2.36. The molecule has 174 valence electrons. The van der Waals surface area contributed by atoms with E-state index in [0.29, 0.717) is 28.4 Å². The number of anilines is 1. The second-order valence-corrected chi connectivity index (χ2v) is 12.4. The van der Waals surface area contributed by atoms with Crippen molar-refractivity contribution in [2.24, 2.45) is 0 Å². The average molecular weight is 518 g/mol. The third-order valence-corrected chi connectivity index (χ3v) is 7.81. The Bertz CT molecular complexity index is 1350. The maximum atomic E-state index is 13.4. The van der Waals surface area contributed by atoms with E-state index in [2.05, 4.69) is 4.98 Å². The fraction of sp³-hybridized carbons (Fsp3) is 0.300. The molecule has 1 amide bonds. The van der Waals surface area contributed by atoms with Crippen LogP contribution in [0, 0.1) is 0 Å². The third-order valence-electron chi connectivity index (χ3n) is 4.53. The first-order valence-corrected chi connectivity index (χ1v) is 13.8. The third kappa shape index (κ3) is 5.84. The van der Waals surface area contributed by atoms with Crippen molar-refractivity contribution in [1.82, 2.24) is 9.88 Å². The van der Waals surface area contributed by atoms with Crippen LogP contribution in [0.25, 0.3) is 10.2 Å². The Hall–Kier alpha value is -2.05. The number of thiazole rings is 1. The van der Waals surface area contributed by atoms with Crippen molar-refractivity contribution in [2.45, 2.75) is 9.79 Å². The molecule has 8 nitrogen and oxygen atoms in total. The van der Waals surface area contributed by atoms with Crippen LogP contribution in [0.15, 0.2) is 52.3 Å². The van der Waals surface area contributed by atoms with Gasteiger partial charge in [0.05, 0.1) is 14.5 Å². The van der Waals surface area contributed by atoms with Gasteiger partial charge >= 0.3 is 0 Å². The molecule has 32 heavy (non-hydrogen) atoms. The van der Waals surface area contributed by atoms with Crippen LogP contribution in [0.2, 0.25) is 0 Å². The number of likely N-dealkylation sites (N-methyl/N-ethyl adjacent to an activating group) is 1. The zero-order chi connectivity index (χ0) is 23.0. The Kier molecular flexibility index (Phi) is 8.05. The summed E-state index contributed by atoms with van der Waals surface area (Å²) in [6.07, 6.45) is 2.20. The highest BCUT2D eigenvalue weighted by Gasteiger charge is 2.24. The molecule has 0 aliphatic heterocycles. The number of para-hydroxylation sites is 1. The molecule has 3 aromatic rings. The fourth-order valence-corrected chi connectivity index (χ4v) is 5.51. The Balaban J connectivity index is 0.00000363. The van der Waals surface area contributed by atoms with Gasteiger partial charge in [-0.25, -0.2) is 21.8 Å². The summed E-state index contributed by atoms with van der Waals surface area (Å²) in [5.41, 5.74) is 0.529. The first-order valence-electron chi connectivity index (χ1n) is 9.24. The number of nitrogens with zero attached hydrogens (tertiary/aromatic N) is 3. The molecule has 0 aliphatic carbocycles. The van der Waals surface area contributed by atoms with Gasteiger partial charge < -0.3 is 4.90 Å². The van der Waals surface area contributed by atoms with Gasteiger partial charge in [0.1, 0.15) is 5.52 Å². The summed E-state index contributed by atoms with van der Waals surface area (Å²) in [5.74, 6) is -0.410. The van der Waals surface area contributed by atoms with Crippen LogP contribution in [0.4, 0.5) is 5.13 Å². The molecule has 0 bridgehead atoms. The molecule has 0 radical (unpaired) electrons. The topological polar surface area (TPSA) is 105 Å². The molecule has 3 rings (SSSR count). The van der Waals surface area contributed by atoms with E-state index in [0.717, 1.165) is 12.5 Å². The molecule has 0 aliphatic rings. The van der Waals surface area contributed by atoms with E-state index < -0.39 is 25.6 Å². The summed E-state index contributed by atoms with van der Waals surface area (Å²) in [4.78, 5) is 21.4. The Labute approximate surface area is 198 Å². The smallest absolute Gasteiger partial charge is 0.260 e. The summed E-state index contributed by atoms with van der Waals surface area (Å²) < 4.78 is 48.8. The van der Waals surface area contributed by atoms with Crippen molar-refractivity contribution in [2.75, 3.05) is 44.6 Å². The Morgan fingerprint density at radius 3 is 2.22 bits per heavy atom. The summed E-state index contributed by atoms with van der Waals surface area (Å²) in [6.45, 7) is 0.829. The zero-order valence-corrected chi connectivity index (χ0v) is 21.2. The van der Waals surface area contributed by atoms with Gasteiger partial charge in [0.2, 0.25) is 0 Å². The highest BCUT2D eigenvalue weighted by atomic mass is 35.5. The number of carbonyl (C=O) groups is 1. The Morgan fingerprint density at radius 2 is 1.62 bits per heavy atom. The minimum Gasteiger partial charge on any atom is -0.308 e. The number of sulfone groups is 2. The number of amides is 1. The standard InChI is InChI=1S/C20H23N3O5S3.ClH/c1-22(2)11-12-23(19(24)14-7-5-8-15(13-14)30(3,25)26)20-21-18-16(29-20)9-6-10-17(18)31(4,27)28;/h5-10,13H,11-12H2,1-4H3;1H. The molecule has 0 atom stereocenters. The quantitative estimate of drug-likeness (QED) is 0.474. The van der Waals surface area contributed by atoms with E-state index in [4.69, 9.17) is 0 Å². The Morgan fingerprint density at radius 1 is 0.969 bits per heavy atom. The van der Waals surface area contributed by atoms with Crippen LogP contribution >= 0.6 is 23.7 Å². The van der Waals surface area contributed by atoms with Crippen LogP contribution in [-0.2, 0) is 19.7 Å². The fourth-order valence-electron chi connectivity index (χ4n) is 2.93. The maximum Gasteiger partial charge on any atom is 0.260 e. The predicted molar refractivity (Wildman–Crippen MR) is 130 cm³/mol. The van der Waals surface area contributed by atoms with Gasteiger partial charge in [-0.3, -0.25) is 9.69 Å². The van der Waals surface area contributed by atoms with Crippen molar-refractivity contribution >= 4 is 64.7 Å². The predicted octanol–water partition coefficient (Wildman–Crippen LogP) is 2.73. The molecule has 0 fully saturated rings. The molecule has 0 unspecified atom stereocenters. The first kappa shape index (κ1) is 26.2. The van der Waals surface area contributed by atoms with E-state index in [-0.39, 0.29) is 27.8 Å². The van der Waals surface area contributed by atoms with Crippen molar-refractivity contribution in [3.63, 3.8) is 0 Å². The maximum absolute atomic E-state index is 13.4. The molecule has 0 saturated heterocycles. The summed E-state index contributed by atoms with van der Waals surface area (Å²) in [7, 11) is -3.24. The van der Waals surface area contributed by atoms with Gasteiger partial charge in [0.15, 0.2) is 24.8 Å². The van der Waals surface area contributed by atoms with Crippen molar-refractivity contribution in [1.29, 1.82) is 0 Å². The van der Waals surface area contributed by atoms with Gasteiger partial charge in [-0.15, -0.1) is 12.4 Å². The number of rotatable bonds is 7. The van der Waals surface area contributed by atoms with Crippen molar-refractivity contribution in [3.05, 3.63) is 48.0 Å². The molecule has 12 heteroatoms. The molecule has 0 saturated carbocycles. The lowest BCUT2D eigenvalue weighted by atomic mass is 10.2. The minimum atomic E-state index is -3.50. The number of aromatic nitrogens is 1. The number of hydrogen-bond donors (Lipinski definition) is 0. The zero-order valence-electron chi connectivity index (χ0n) is 18.0. The second-order valence-electron chi connectivity index (χ2n) is 7.43. The average Bonchev–Trinajstić information content (AvgIpc) is 3.10. The molecule has 1 heterocycles. The van der Waals surface area contributed by atoms with Gasteiger partial charge in [-0.05, 0) is 44.4 Å². The number of hydrogen-bond acceptors (Lipinski definition) is 8. The number of halogens is 1. The van der Waals surface area contributed by atoms with Crippen molar-refractivity contribution < 1.29 is 21.6 Å². The lowest BCUT2D eigenvalue weighted by molar-refractivity contribution is 0.0985. The van der Waals surface area contributed by atoms with Crippen LogP contribution in [0.3, 0.4) is 0 Å². The number of carbonyl (C=O) groups excluding carboxylic acids is 1. The molecule has 0 spiro atoms. The lowest BCUT2D eigenvalue weighted by Gasteiger charge is -2.22. The first-order chi connectivity index (χ1) is 14.4. The van der Waals surface area contributed by atoms with Gasteiger partial charge in [0, 0.05) is 31.2 Å². The SMILES string of the molecule is CN(C)CCN(C(=O)c1cccc(S(C)(=O)=O)c1)c1nc2c(S(C)(=O)=O)cccc2s1.Cl. The van der Waals surface area contributed by atoms with Gasteiger partial charge in [-0.2, -0.15) is 0 Å². The van der Waals surface area contributed by atoms with E-state index in [1.807, 2.05) is 19.0 Å². The van der Waals surface area contributed by atoms with Crippen LogP contribution in [0.5, 0.6) is 0 Å². The molecule has 1 aromatic heterocycles. The normalized spacial score (nSPS) is 12.0. The second kappa shape index (κ2) is 9.84. The van der Waals surface area contributed by atoms with E-state index in [1.165, 1.54) is 40.5 Å². The largest absolute Gasteiger partial charge is 0.308 e. The highest BCUT2D eigenvalue weighted by molar-refractivity contribution is 7.91.